The summed E-state index contributed by atoms with van der Waals surface area (Å²) in [4.78, 5) is 12.7. The van der Waals surface area contributed by atoms with Crippen molar-refractivity contribution < 1.29 is 13.2 Å². The molecule has 3 rings (SSSR count). The largest absolute Gasteiger partial charge is 0.489 e. The molecule has 0 fully saturated rings. The van der Waals surface area contributed by atoms with Crippen LogP contribution in [-0.4, -0.2) is 25.8 Å². The quantitative estimate of drug-likeness (QED) is 0.506. The molecule has 0 aliphatic rings. The summed E-state index contributed by atoms with van der Waals surface area (Å²) in [6.45, 7) is 5.86. The van der Waals surface area contributed by atoms with Gasteiger partial charge in [0, 0.05) is 30.4 Å². The van der Waals surface area contributed by atoms with E-state index in [1.54, 1.807) is 37.5 Å². The molecule has 0 spiro atoms. The van der Waals surface area contributed by atoms with Crippen molar-refractivity contribution in [2.75, 3.05) is 12.9 Å². The maximum Gasteiger partial charge on any atom is 0.258 e. The molecule has 0 radical (unpaired) electrons. The van der Waals surface area contributed by atoms with Gasteiger partial charge < -0.3 is 9.30 Å². The van der Waals surface area contributed by atoms with Crippen LogP contribution in [0.25, 0.3) is 21.9 Å². The number of hydrogen-bond donors (Lipinski definition) is 0. The molecule has 6 heteroatoms. The van der Waals surface area contributed by atoms with E-state index in [0.29, 0.717) is 23.3 Å². The van der Waals surface area contributed by atoms with E-state index in [1.807, 2.05) is 43.4 Å². The second kappa shape index (κ2) is 9.18. The van der Waals surface area contributed by atoms with Gasteiger partial charge in [-0.3, -0.25) is 4.79 Å². The van der Waals surface area contributed by atoms with Crippen LogP contribution in [0, 0.1) is 0 Å². The number of pyridine rings is 1. The molecule has 0 aliphatic heterocycles. The number of benzene rings is 2. The molecule has 31 heavy (non-hydrogen) atoms. The second-order valence-corrected chi connectivity index (χ2v) is 9.41. The summed E-state index contributed by atoms with van der Waals surface area (Å²) in [6, 6.07) is 12.2. The predicted octanol–water partition coefficient (Wildman–Crippen LogP) is 4.68. The zero-order valence-corrected chi connectivity index (χ0v) is 18.6. The van der Waals surface area contributed by atoms with Crippen LogP contribution in [0.3, 0.4) is 0 Å². The van der Waals surface area contributed by atoms with Crippen LogP contribution >= 0.6 is 0 Å². The van der Waals surface area contributed by atoms with Gasteiger partial charge in [0.15, 0.2) is 9.84 Å². The average molecular weight is 436 g/mol. The molecule has 0 aliphatic carbocycles. The normalized spacial score (nSPS) is 12.4. The van der Waals surface area contributed by atoms with Crippen molar-refractivity contribution in [1.29, 1.82) is 0 Å². The molecule has 1 heterocycles. The number of ether oxygens (including phenoxy) is 1. The molecular weight excluding hydrogens is 410 g/mol. The number of sulfone groups is 1. The third-order valence-electron chi connectivity index (χ3n) is 4.80. The number of fused-ring (bicyclic) bond motifs is 1. The van der Waals surface area contributed by atoms with Gasteiger partial charge >= 0.3 is 0 Å². The first-order valence-electron chi connectivity index (χ1n) is 9.72. The summed E-state index contributed by atoms with van der Waals surface area (Å²) in [6.07, 6.45) is 10.2. The first-order chi connectivity index (χ1) is 14.7. The third kappa shape index (κ3) is 5.22. The summed E-state index contributed by atoms with van der Waals surface area (Å²) >= 11 is 0. The fourth-order valence-corrected chi connectivity index (χ4v) is 3.89. The van der Waals surface area contributed by atoms with Gasteiger partial charge in [0.2, 0.25) is 0 Å². The Morgan fingerprint density at radius 3 is 2.52 bits per heavy atom. The number of aryl methyl sites for hydroxylation is 1. The zero-order valence-electron chi connectivity index (χ0n) is 17.8. The molecule has 0 N–H and O–H groups in total. The Hall–Kier alpha value is -3.38. The Morgan fingerprint density at radius 2 is 1.84 bits per heavy atom. The van der Waals surface area contributed by atoms with Crippen LogP contribution in [0.15, 0.2) is 94.8 Å². The zero-order chi connectivity index (χ0) is 22.6. The number of nitrogens with zero attached hydrogens (tertiary/aromatic N) is 1. The van der Waals surface area contributed by atoms with E-state index in [0.717, 1.165) is 16.5 Å². The number of rotatable bonds is 7. The summed E-state index contributed by atoms with van der Waals surface area (Å²) in [5.74, 6) is 0.441. The lowest BCUT2D eigenvalue weighted by Crippen LogP contribution is -2.16. The minimum atomic E-state index is -3.47. The highest BCUT2D eigenvalue weighted by molar-refractivity contribution is 7.90. The van der Waals surface area contributed by atoms with E-state index >= 15 is 0 Å². The molecule has 0 saturated carbocycles. The van der Waals surface area contributed by atoms with Crippen molar-refractivity contribution in [1.82, 2.24) is 4.57 Å². The van der Waals surface area contributed by atoms with Crippen LogP contribution in [0.5, 0.6) is 5.75 Å². The lowest BCUT2D eigenvalue weighted by molar-refractivity contribution is 0.351. The van der Waals surface area contributed by atoms with Gasteiger partial charge in [0.1, 0.15) is 12.4 Å². The Kier molecular flexibility index (Phi) is 6.61. The van der Waals surface area contributed by atoms with Gasteiger partial charge in [0.05, 0.1) is 4.90 Å². The molecular formula is C25H25NO4S. The smallest absolute Gasteiger partial charge is 0.258 e. The SMILES string of the molecule is C=C/C=C\C=C(/C)COc1cc(-c2cn(C)c(=O)c3ccccc23)cc(S(C)(=O)=O)c1. The molecule has 0 amide bonds. The lowest BCUT2D eigenvalue weighted by Gasteiger charge is -2.14. The van der Waals surface area contributed by atoms with Gasteiger partial charge in [-0.1, -0.05) is 49.1 Å². The summed E-state index contributed by atoms with van der Waals surface area (Å²) in [5, 5.41) is 1.33. The Labute approximate surface area is 182 Å². The highest BCUT2D eigenvalue weighted by atomic mass is 32.2. The first kappa shape index (κ1) is 22.3. The second-order valence-electron chi connectivity index (χ2n) is 7.39. The van der Waals surface area contributed by atoms with E-state index in [2.05, 4.69) is 6.58 Å². The van der Waals surface area contributed by atoms with Gasteiger partial charge in [-0.05, 0) is 47.7 Å². The van der Waals surface area contributed by atoms with E-state index in [1.165, 1.54) is 16.9 Å². The molecule has 2 aromatic carbocycles. The molecule has 3 aromatic rings. The Balaban J connectivity index is 2.13. The van der Waals surface area contributed by atoms with Crippen molar-refractivity contribution in [3.05, 3.63) is 95.5 Å². The average Bonchev–Trinajstić information content (AvgIpc) is 2.74. The van der Waals surface area contributed by atoms with Crippen LogP contribution in [-0.2, 0) is 16.9 Å². The molecule has 0 bridgehead atoms. The highest BCUT2D eigenvalue weighted by Gasteiger charge is 2.15. The maximum absolute atomic E-state index is 12.5. The molecule has 160 valence electrons. The fourth-order valence-electron chi connectivity index (χ4n) is 3.21. The van der Waals surface area contributed by atoms with Crippen molar-refractivity contribution in [2.24, 2.45) is 7.05 Å². The van der Waals surface area contributed by atoms with E-state index in [4.69, 9.17) is 4.74 Å². The molecule has 1 aromatic heterocycles. The van der Waals surface area contributed by atoms with Crippen molar-refractivity contribution in [2.45, 2.75) is 11.8 Å². The van der Waals surface area contributed by atoms with Gasteiger partial charge in [-0.25, -0.2) is 8.42 Å². The predicted molar refractivity (Wildman–Crippen MR) is 126 cm³/mol. The van der Waals surface area contributed by atoms with Gasteiger partial charge in [-0.15, -0.1) is 0 Å². The Morgan fingerprint density at radius 1 is 1.13 bits per heavy atom. The third-order valence-corrected chi connectivity index (χ3v) is 5.90. The lowest BCUT2D eigenvalue weighted by atomic mass is 10.0. The molecule has 0 atom stereocenters. The van der Waals surface area contributed by atoms with Crippen LogP contribution in [0.2, 0.25) is 0 Å². The summed E-state index contributed by atoms with van der Waals surface area (Å²) in [5.41, 5.74) is 2.28. The van der Waals surface area contributed by atoms with E-state index in [9.17, 15) is 13.2 Å². The van der Waals surface area contributed by atoms with Gasteiger partial charge in [-0.2, -0.15) is 0 Å². The first-order valence-corrected chi connectivity index (χ1v) is 11.6. The molecule has 0 saturated heterocycles. The van der Waals surface area contributed by atoms with E-state index in [-0.39, 0.29) is 10.5 Å². The maximum atomic E-state index is 12.5. The van der Waals surface area contributed by atoms with Crippen LogP contribution in [0.4, 0.5) is 0 Å². The highest BCUT2D eigenvalue weighted by Crippen LogP contribution is 2.32. The van der Waals surface area contributed by atoms with Gasteiger partial charge in [0.25, 0.3) is 5.56 Å². The number of allylic oxidation sites excluding steroid dienone is 4. The topological polar surface area (TPSA) is 65.4 Å². The number of aromatic nitrogens is 1. The fraction of sp³-hybridized carbons (Fsp3) is 0.160. The van der Waals surface area contributed by atoms with Crippen LogP contribution < -0.4 is 10.3 Å². The van der Waals surface area contributed by atoms with E-state index < -0.39 is 9.84 Å². The van der Waals surface area contributed by atoms with Crippen LogP contribution in [0.1, 0.15) is 6.92 Å². The minimum absolute atomic E-state index is 0.108. The monoisotopic (exact) mass is 435 g/mol. The molecule has 0 unspecified atom stereocenters. The minimum Gasteiger partial charge on any atom is -0.489 e. The van der Waals surface area contributed by atoms with Crippen molar-refractivity contribution >= 4 is 20.6 Å². The van der Waals surface area contributed by atoms with Crippen molar-refractivity contribution in [3.63, 3.8) is 0 Å². The summed E-state index contributed by atoms with van der Waals surface area (Å²) < 4.78 is 32.1. The summed E-state index contributed by atoms with van der Waals surface area (Å²) in [7, 11) is -1.79. The Bertz CT molecular complexity index is 1360. The van der Waals surface area contributed by atoms with Crippen molar-refractivity contribution in [3.8, 4) is 16.9 Å². The standard InChI is InChI=1S/C25H25NO4S/c1-5-6-7-10-18(2)17-30-20-13-19(14-21(15-20)31(4,28)29)24-16-26(3)25(27)23-12-9-8-11-22(23)24/h5-16H,1,17H2,2-4H3/b7-6-,18-10+. The molecule has 5 nitrogen and oxygen atoms in total. The number of hydrogen-bond acceptors (Lipinski definition) is 4.